The van der Waals surface area contributed by atoms with Gasteiger partial charge in [0.1, 0.15) is 5.82 Å². The van der Waals surface area contributed by atoms with Crippen LogP contribution in [0.4, 0.5) is 0 Å². The van der Waals surface area contributed by atoms with E-state index in [0.717, 1.165) is 23.4 Å². The summed E-state index contributed by atoms with van der Waals surface area (Å²) in [5.41, 5.74) is 2.74. The van der Waals surface area contributed by atoms with E-state index >= 15 is 0 Å². The summed E-state index contributed by atoms with van der Waals surface area (Å²) in [7, 11) is 0. The number of hydrogen-bond acceptors (Lipinski definition) is 3. The van der Waals surface area contributed by atoms with Gasteiger partial charge >= 0.3 is 0 Å². The third kappa shape index (κ3) is 4.03. The molecule has 0 spiro atoms. The summed E-state index contributed by atoms with van der Waals surface area (Å²) in [6.07, 6.45) is 0. The number of rotatable bonds is 5. The molecule has 20 heavy (non-hydrogen) atoms. The smallest absolute Gasteiger partial charge is 0.251 e. The Labute approximate surface area is 119 Å². The van der Waals surface area contributed by atoms with Crippen LogP contribution in [-0.4, -0.2) is 16.5 Å². The van der Waals surface area contributed by atoms with Crippen LogP contribution in [0.15, 0.2) is 35.1 Å². The maximum Gasteiger partial charge on any atom is 0.251 e. The fraction of sp³-hybridized carbons (Fsp3) is 0.375. The van der Waals surface area contributed by atoms with E-state index in [9.17, 15) is 4.79 Å². The van der Waals surface area contributed by atoms with Gasteiger partial charge in [-0.05, 0) is 25.5 Å². The summed E-state index contributed by atoms with van der Waals surface area (Å²) in [6, 6.07) is 9.51. The quantitative estimate of drug-likeness (QED) is 0.878. The number of nitrogens with zero attached hydrogens (tertiary/aromatic N) is 1. The van der Waals surface area contributed by atoms with Crippen molar-refractivity contribution in [1.29, 1.82) is 0 Å². The van der Waals surface area contributed by atoms with Crippen molar-refractivity contribution < 1.29 is 0 Å². The Balaban J connectivity index is 2.22. The number of aryl methyl sites for hydroxylation is 1. The standard InChI is InChI=1S/C16H21N3O/c1-11(2)9-17-10-14-8-15(20)19-16(18-14)13-6-4-5-12(3)7-13/h4-8,11,17H,9-10H2,1-3H3,(H,18,19,20). The Morgan fingerprint density at radius 1 is 1.30 bits per heavy atom. The van der Waals surface area contributed by atoms with Crippen molar-refractivity contribution in [3.8, 4) is 11.4 Å². The highest BCUT2D eigenvalue weighted by Gasteiger charge is 2.04. The van der Waals surface area contributed by atoms with E-state index in [1.54, 1.807) is 6.07 Å². The molecular weight excluding hydrogens is 250 g/mol. The van der Waals surface area contributed by atoms with E-state index < -0.39 is 0 Å². The maximum absolute atomic E-state index is 11.7. The summed E-state index contributed by atoms with van der Waals surface area (Å²) < 4.78 is 0. The van der Waals surface area contributed by atoms with Gasteiger partial charge in [-0.1, -0.05) is 37.6 Å². The minimum Gasteiger partial charge on any atom is -0.311 e. The first-order valence-corrected chi connectivity index (χ1v) is 6.92. The average Bonchev–Trinajstić information content (AvgIpc) is 2.37. The number of aromatic nitrogens is 2. The van der Waals surface area contributed by atoms with E-state index in [1.807, 2.05) is 31.2 Å². The predicted octanol–water partition coefficient (Wildman–Crippen LogP) is 2.49. The van der Waals surface area contributed by atoms with E-state index in [4.69, 9.17) is 0 Å². The summed E-state index contributed by atoms with van der Waals surface area (Å²) in [5.74, 6) is 1.20. The van der Waals surface area contributed by atoms with Gasteiger partial charge in [-0.25, -0.2) is 4.98 Å². The molecule has 1 heterocycles. The molecule has 4 heteroatoms. The van der Waals surface area contributed by atoms with E-state index in [0.29, 0.717) is 18.3 Å². The van der Waals surface area contributed by atoms with Crippen LogP contribution in [0.25, 0.3) is 11.4 Å². The van der Waals surface area contributed by atoms with Gasteiger partial charge in [0.2, 0.25) is 0 Å². The molecule has 0 amide bonds. The fourth-order valence-electron chi connectivity index (χ4n) is 2.02. The summed E-state index contributed by atoms with van der Waals surface area (Å²) in [5, 5.41) is 3.30. The molecule has 0 saturated carbocycles. The zero-order chi connectivity index (χ0) is 14.5. The normalized spacial score (nSPS) is 11.0. The maximum atomic E-state index is 11.7. The van der Waals surface area contributed by atoms with Crippen molar-refractivity contribution >= 4 is 0 Å². The largest absolute Gasteiger partial charge is 0.311 e. The van der Waals surface area contributed by atoms with Crippen LogP contribution in [0.1, 0.15) is 25.1 Å². The van der Waals surface area contributed by atoms with Crippen LogP contribution < -0.4 is 10.9 Å². The number of nitrogens with one attached hydrogen (secondary N) is 2. The van der Waals surface area contributed by atoms with Crippen molar-refractivity contribution in [1.82, 2.24) is 15.3 Å². The second-order valence-corrected chi connectivity index (χ2v) is 5.48. The van der Waals surface area contributed by atoms with Crippen LogP contribution in [0.3, 0.4) is 0 Å². The minimum absolute atomic E-state index is 0.113. The molecule has 106 valence electrons. The highest BCUT2D eigenvalue weighted by atomic mass is 16.1. The van der Waals surface area contributed by atoms with Crippen molar-refractivity contribution in [2.45, 2.75) is 27.3 Å². The lowest BCUT2D eigenvalue weighted by Gasteiger charge is -2.08. The molecule has 0 fully saturated rings. The molecular formula is C16H21N3O. The van der Waals surface area contributed by atoms with Gasteiger partial charge in [0.25, 0.3) is 5.56 Å². The molecule has 0 aliphatic carbocycles. The van der Waals surface area contributed by atoms with Gasteiger partial charge in [0.05, 0.1) is 5.69 Å². The molecule has 4 nitrogen and oxygen atoms in total. The van der Waals surface area contributed by atoms with Crippen molar-refractivity contribution in [2.75, 3.05) is 6.54 Å². The first kappa shape index (κ1) is 14.5. The average molecular weight is 271 g/mol. The molecule has 2 aromatic rings. The van der Waals surface area contributed by atoms with Gasteiger partial charge in [-0.3, -0.25) is 4.79 Å². The van der Waals surface area contributed by atoms with Gasteiger partial charge in [0, 0.05) is 18.2 Å². The molecule has 0 bridgehead atoms. The second kappa shape index (κ2) is 6.48. The van der Waals surface area contributed by atoms with Crippen LogP contribution in [-0.2, 0) is 6.54 Å². The lowest BCUT2D eigenvalue weighted by molar-refractivity contribution is 0.548. The van der Waals surface area contributed by atoms with Crippen LogP contribution in [0.2, 0.25) is 0 Å². The number of aromatic amines is 1. The zero-order valence-corrected chi connectivity index (χ0v) is 12.2. The van der Waals surface area contributed by atoms with Crippen LogP contribution in [0, 0.1) is 12.8 Å². The molecule has 1 aromatic heterocycles. The lowest BCUT2D eigenvalue weighted by atomic mass is 10.1. The van der Waals surface area contributed by atoms with Crippen LogP contribution in [0.5, 0.6) is 0 Å². The van der Waals surface area contributed by atoms with E-state index in [2.05, 4.69) is 29.1 Å². The summed E-state index contributed by atoms with van der Waals surface area (Å²) >= 11 is 0. The highest BCUT2D eigenvalue weighted by Crippen LogP contribution is 2.15. The third-order valence-electron chi connectivity index (χ3n) is 2.94. The first-order valence-electron chi connectivity index (χ1n) is 6.92. The third-order valence-corrected chi connectivity index (χ3v) is 2.94. The molecule has 0 aliphatic rings. The predicted molar refractivity (Wildman–Crippen MR) is 81.6 cm³/mol. The van der Waals surface area contributed by atoms with Crippen molar-refractivity contribution in [2.24, 2.45) is 5.92 Å². The Kier molecular flexibility index (Phi) is 4.69. The van der Waals surface area contributed by atoms with Crippen molar-refractivity contribution in [3.63, 3.8) is 0 Å². The topological polar surface area (TPSA) is 57.8 Å². The molecule has 0 saturated heterocycles. The van der Waals surface area contributed by atoms with Gasteiger partial charge in [-0.15, -0.1) is 0 Å². The minimum atomic E-state index is -0.113. The van der Waals surface area contributed by atoms with E-state index in [-0.39, 0.29) is 5.56 Å². The number of hydrogen-bond donors (Lipinski definition) is 2. The Hall–Kier alpha value is -1.94. The second-order valence-electron chi connectivity index (χ2n) is 5.48. The van der Waals surface area contributed by atoms with E-state index in [1.165, 1.54) is 0 Å². The Bertz CT molecular complexity index is 632. The van der Waals surface area contributed by atoms with Gasteiger partial charge < -0.3 is 10.3 Å². The summed E-state index contributed by atoms with van der Waals surface area (Å²) in [6.45, 7) is 7.84. The number of benzene rings is 1. The molecule has 0 aliphatic heterocycles. The lowest BCUT2D eigenvalue weighted by Crippen LogP contribution is -2.21. The molecule has 2 rings (SSSR count). The molecule has 1 aromatic carbocycles. The Morgan fingerprint density at radius 2 is 2.10 bits per heavy atom. The first-order chi connectivity index (χ1) is 9.54. The molecule has 0 atom stereocenters. The Morgan fingerprint density at radius 3 is 2.80 bits per heavy atom. The molecule has 0 unspecified atom stereocenters. The van der Waals surface area contributed by atoms with Crippen LogP contribution >= 0.6 is 0 Å². The SMILES string of the molecule is Cc1cccc(-c2nc(CNCC(C)C)cc(=O)[nH]2)c1. The van der Waals surface area contributed by atoms with Gasteiger partial charge in [0.15, 0.2) is 0 Å². The zero-order valence-electron chi connectivity index (χ0n) is 12.2. The summed E-state index contributed by atoms with van der Waals surface area (Å²) in [4.78, 5) is 19.1. The fourth-order valence-corrected chi connectivity index (χ4v) is 2.02. The molecule has 2 N–H and O–H groups in total. The monoisotopic (exact) mass is 271 g/mol. The molecule has 0 radical (unpaired) electrons. The van der Waals surface area contributed by atoms with Crippen molar-refractivity contribution in [3.05, 3.63) is 51.9 Å². The number of H-pyrrole nitrogens is 1. The highest BCUT2D eigenvalue weighted by molar-refractivity contribution is 5.55. The van der Waals surface area contributed by atoms with Gasteiger partial charge in [-0.2, -0.15) is 0 Å².